The maximum Gasteiger partial charge on any atom is 0.338 e. The van der Waals surface area contributed by atoms with E-state index in [1.165, 1.54) is 0 Å². The van der Waals surface area contributed by atoms with Crippen LogP contribution < -0.4 is 0 Å². The molecule has 1 heterocycles. The van der Waals surface area contributed by atoms with Crippen molar-refractivity contribution < 1.29 is 18.7 Å². The molecule has 0 unspecified atom stereocenters. The van der Waals surface area contributed by atoms with Crippen molar-refractivity contribution in [1.82, 2.24) is 0 Å². The average molecular weight is 366 g/mol. The highest BCUT2D eigenvalue weighted by atomic mass is 32.2. The van der Waals surface area contributed by atoms with E-state index in [1.54, 1.807) is 54.4 Å². The van der Waals surface area contributed by atoms with Crippen LogP contribution in [0.2, 0.25) is 0 Å². The third-order valence-corrected chi connectivity index (χ3v) is 4.74. The van der Waals surface area contributed by atoms with E-state index in [0.29, 0.717) is 11.1 Å². The number of ether oxygens (including phenoxy) is 1. The molecule has 1 aromatic heterocycles. The lowest BCUT2D eigenvalue weighted by atomic mass is 10.1. The van der Waals surface area contributed by atoms with Gasteiger partial charge in [0.15, 0.2) is 12.4 Å². The molecular weight excluding hydrogens is 348 g/mol. The topological polar surface area (TPSA) is 56.5 Å². The van der Waals surface area contributed by atoms with Crippen LogP contribution in [0.4, 0.5) is 0 Å². The molecule has 0 aliphatic heterocycles. The Labute approximate surface area is 156 Å². The minimum atomic E-state index is -0.496. The highest BCUT2D eigenvalue weighted by Crippen LogP contribution is 2.18. The van der Waals surface area contributed by atoms with Gasteiger partial charge in [-0.1, -0.05) is 42.5 Å². The van der Waals surface area contributed by atoms with Crippen molar-refractivity contribution in [3.05, 3.63) is 95.4 Å². The normalized spacial score (nSPS) is 10.5. The number of carbonyl (C=O) groups excluding carboxylic acids is 2. The van der Waals surface area contributed by atoms with Crippen molar-refractivity contribution in [2.24, 2.45) is 0 Å². The monoisotopic (exact) mass is 366 g/mol. The maximum atomic E-state index is 12.1. The first kappa shape index (κ1) is 18.0. The summed E-state index contributed by atoms with van der Waals surface area (Å²) in [6.45, 7) is -0.260. The van der Waals surface area contributed by atoms with Crippen LogP contribution in [0.25, 0.3) is 0 Å². The van der Waals surface area contributed by atoms with Gasteiger partial charge in [0.1, 0.15) is 5.76 Å². The van der Waals surface area contributed by atoms with Crippen LogP contribution in [0.15, 0.2) is 77.4 Å². The number of rotatable bonds is 8. The van der Waals surface area contributed by atoms with Gasteiger partial charge in [0.05, 0.1) is 17.6 Å². The molecule has 3 rings (SSSR count). The van der Waals surface area contributed by atoms with E-state index in [-0.39, 0.29) is 12.4 Å². The molecule has 132 valence electrons. The van der Waals surface area contributed by atoms with Gasteiger partial charge in [-0.2, -0.15) is 0 Å². The highest BCUT2D eigenvalue weighted by Gasteiger charge is 2.11. The molecule has 0 fully saturated rings. The first-order chi connectivity index (χ1) is 12.7. The lowest BCUT2D eigenvalue weighted by Crippen LogP contribution is -2.14. The van der Waals surface area contributed by atoms with E-state index < -0.39 is 5.97 Å². The van der Waals surface area contributed by atoms with Crippen molar-refractivity contribution >= 4 is 23.5 Å². The first-order valence-electron chi connectivity index (χ1n) is 8.17. The number of ketones is 1. The van der Waals surface area contributed by atoms with Crippen molar-refractivity contribution in [3.8, 4) is 0 Å². The number of hydrogen-bond donors (Lipinski definition) is 0. The second-order valence-electron chi connectivity index (χ2n) is 5.63. The van der Waals surface area contributed by atoms with Crippen molar-refractivity contribution in [2.45, 2.75) is 11.5 Å². The van der Waals surface area contributed by atoms with Crippen molar-refractivity contribution in [2.75, 3.05) is 6.61 Å². The molecule has 26 heavy (non-hydrogen) atoms. The minimum absolute atomic E-state index is 0.218. The summed E-state index contributed by atoms with van der Waals surface area (Å²) in [5, 5.41) is 0. The van der Waals surface area contributed by atoms with Gasteiger partial charge in [-0.25, -0.2) is 4.79 Å². The molecule has 5 heteroatoms. The average Bonchev–Trinajstić information content (AvgIpc) is 3.20. The van der Waals surface area contributed by atoms with Crippen LogP contribution in [-0.2, 0) is 16.2 Å². The molecule has 0 saturated carbocycles. The number of thioether (sulfide) groups is 1. The minimum Gasteiger partial charge on any atom is -0.468 e. The highest BCUT2D eigenvalue weighted by molar-refractivity contribution is 7.97. The lowest BCUT2D eigenvalue weighted by Gasteiger charge is -2.06. The first-order valence-corrected chi connectivity index (χ1v) is 9.32. The number of furan rings is 1. The van der Waals surface area contributed by atoms with E-state index >= 15 is 0 Å². The number of carbonyl (C=O) groups is 2. The van der Waals surface area contributed by atoms with E-state index in [2.05, 4.69) is 0 Å². The molecule has 0 saturated heterocycles. The standard InChI is InChI=1S/C21H18O4S/c22-20(17-5-2-1-3-6-17)13-25-21(23)18-10-8-16(9-11-18)14-26-15-19-7-4-12-24-19/h1-12H,13-15H2. The van der Waals surface area contributed by atoms with Gasteiger partial charge in [-0.05, 0) is 29.8 Å². The second kappa shape index (κ2) is 9.06. The van der Waals surface area contributed by atoms with Gasteiger partial charge in [0.25, 0.3) is 0 Å². The number of esters is 1. The molecule has 0 N–H and O–H groups in total. The maximum absolute atomic E-state index is 12.1. The zero-order chi connectivity index (χ0) is 18.2. The summed E-state index contributed by atoms with van der Waals surface area (Å²) in [7, 11) is 0. The smallest absolute Gasteiger partial charge is 0.338 e. The summed E-state index contributed by atoms with van der Waals surface area (Å²) >= 11 is 1.74. The summed E-state index contributed by atoms with van der Waals surface area (Å²) < 4.78 is 10.4. The van der Waals surface area contributed by atoms with Gasteiger partial charge in [0.2, 0.25) is 0 Å². The molecular formula is C21H18O4S. The van der Waals surface area contributed by atoms with E-state index in [0.717, 1.165) is 22.8 Å². The Morgan fingerprint density at radius 2 is 1.62 bits per heavy atom. The van der Waals surface area contributed by atoms with Crippen LogP contribution in [0.3, 0.4) is 0 Å². The van der Waals surface area contributed by atoms with Crippen molar-refractivity contribution in [1.29, 1.82) is 0 Å². The number of Topliss-reactive ketones (excluding diaryl/α,β-unsaturated/α-hetero) is 1. The molecule has 3 aromatic rings. The molecule has 2 aromatic carbocycles. The van der Waals surface area contributed by atoms with Crippen LogP contribution in [0.5, 0.6) is 0 Å². The molecule has 0 atom stereocenters. The zero-order valence-electron chi connectivity index (χ0n) is 14.1. The lowest BCUT2D eigenvalue weighted by molar-refractivity contribution is 0.0475. The van der Waals surface area contributed by atoms with E-state index in [9.17, 15) is 9.59 Å². The summed E-state index contributed by atoms with van der Waals surface area (Å²) in [6.07, 6.45) is 1.67. The van der Waals surface area contributed by atoms with Crippen LogP contribution in [0, 0.1) is 0 Å². The van der Waals surface area contributed by atoms with E-state index in [1.807, 2.05) is 30.3 Å². The molecule has 0 amide bonds. The molecule has 0 spiro atoms. The van der Waals surface area contributed by atoms with Gasteiger partial charge in [-0.15, -0.1) is 11.8 Å². The molecule has 0 aliphatic rings. The zero-order valence-corrected chi connectivity index (χ0v) is 14.9. The fourth-order valence-corrected chi connectivity index (χ4v) is 3.22. The van der Waals surface area contributed by atoms with Gasteiger partial charge in [-0.3, -0.25) is 4.79 Å². The Morgan fingerprint density at radius 3 is 2.31 bits per heavy atom. The summed E-state index contributed by atoms with van der Waals surface area (Å²) in [5.74, 6) is 1.85. The van der Waals surface area contributed by atoms with Crippen LogP contribution in [0.1, 0.15) is 32.0 Å². The third-order valence-electron chi connectivity index (χ3n) is 3.71. The fourth-order valence-electron chi connectivity index (χ4n) is 2.32. The largest absolute Gasteiger partial charge is 0.468 e. The Bertz CT molecular complexity index is 839. The summed E-state index contributed by atoms with van der Waals surface area (Å²) in [4.78, 5) is 24.0. The molecule has 4 nitrogen and oxygen atoms in total. The summed E-state index contributed by atoms with van der Waals surface area (Å²) in [5.41, 5.74) is 2.08. The van der Waals surface area contributed by atoms with E-state index in [4.69, 9.17) is 9.15 Å². The third kappa shape index (κ3) is 5.10. The van der Waals surface area contributed by atoms with Crippen LogP contribution in [-0.4, -0.2) is 18.4 Å². The molecule has 0 bridgehead atoms. The molecule has 0 aliphatic carbocycles. The van der Waals surface area contributed by atoms with Gasteiger partial charge >= 0.3 is 5.97 Å². The fraction of sp³-hybridized carbons (Fsp3) is 0.143. The Kier molecular flexibility index (Phi) is 6.28. The number of hydrogen-bond acceptors (Lipinski definition) is 5. The van der Waals surface area contributed by atoms with Gasteiger partial charge in [0, 0.05) is 11.3 Å². The van der Waals surface area contributed by atoms with Crippen molar-refractivity contribution in [3.63, 3.8) is 0 Å². The SMILES string of the molecule is O=C(COC(=O)c1ccc(CSCc2ccco2)cc1)c1ccccc1. The Morgan fingerprint density at radius 1 is 0.846 bits per heavy atom. The predicted molar refractivity (Wildman–Crippen MR) is 101 cm³/mol. The Hall–Kier alpha value is -2.79. The Balaban J connectivity index is 1.46. The predicted octanol–water partition coefficient (Wildman–Crippen LogP) is 4.75. The molecule has 0 radical (unpaired) electrons. The van der Waals surface area contributed by atoms with Crippen LogP contribution >= 0.6 is 11.8 Å². The summed E-state index contributed by atoms with van der Waals surface area (Å²) in [6, 6.07) is 19.8. The van der Waals surface area contributed by atoms with Gasteiger partial charge < -0.3 is 9.15 Å². The number of benzene rings is 2. The second-order valence-corrected chi connectivity index (χ2v) is 6.62. The quantitative estimate of drug-likeness (QED) is 0.425.